The molecule has 0 spiro atoms. The van der Waals surface area contributed by atoms with Crippen molar-refractivity contribution in [2.75, 3.05) is 7.11 Å². The summed E-state index contributed by atoms with van der Waals surface area (Å²) in [4.78, 5) is 12.1. The molecule has 0 bridgehead atoms. The lowest BCUT2D eigenvalue weighted by atomic mass is 10.0. The second-order valence-corrected chi connectivity index (χ2v) is 4.94. The van der Waals surface area contributed by atoms with Crippen LogP contribution in [0.1, 0.15) is 15.9 Å². The van der Waals surface area contributed by atoms with Gasteiger partial charge in [0.15, 0.2) is 5.78 Å². The van der Waals surface area contributed by atoms with Gasteiger partial charge in [0, 0.05) is 12.5 Å². The van der Waals surface area contributed by atoms with Crippen LogP contribution >= 0.6 is 23.2 Å². The average molecular weight is 313 g/mol. The molecule has 2 rings (SSSR count). The first-order chi connectivity index (χ1) is 9.52. The standard InChI is InChI=1S/C15H11Cl2FO2/c1-20-10-5-6-11(13(18)8-10)14(19)7-9-3-2-4-12(16)15(9)17/h2-6,8H,7H2,1H3. The Hall–Kier alpha value is -1.58. The maximum atomic E-state index is 13.8. The van der Waals surface area contributed by atoms with Crippen molar-refractivity contribution in [2.45, 2.75) is 6.42 Å². The number of benzene rings is 2. The molecule has 0 unspecified atom stereocenters. The number of halogens is 3. The van der Waals surface area contributed by atoms with Crippen LogP contribution in [0.15, 0.2) is 36.4 Å². The molecular weight excluding hydrogens is 302 g/mol. The minimum absolute atomic E-state index is 0.00171. The molecule has 2 aromatic rings. The maximum absolute atomic E-state index is 13.8. The zero-order valence-electron chi connectivity index (χ0n) is 10.6. The Balaban J connectivity index is 2.26. The predicted octanol–water partition coefficient (Wildman–Crippen LogP) is 4.57. The van der Waals surface area contributed by atoms with Gasteiger partial charge in [-0.3, -0.25) is 4.79 Å². The Morgan fingerprint density at radius 2 is 2.00 bits per heavy atom. The van der Waals surface area contributed by atoms with Crippen LogP contribution in [-0.2, 0) is 6.42 Å². The Labute approximate surface area is 126 Å². The number of methoxy groups -OCH3 is 1. The number of carbonyl (C=O) groups excluding carboxylic acids is 1. The summed E-state index contributed by atoms with van der Waals surface area (Å²) in [5, 5.41) is 0.684. The van der Waals surface area contributed by atoms with Crippen LogP contribution in [-0.4, -0.2) is 12.9 Å². The number of hydrogen-bond acceptors (Lipinski definition) is 2. The molecule has 0 aliphatic rings. The van der Waals surface area contributed by atoms with Crippen LogP contribution in [0.4, 0.5) is 4.39 Å². The van der Waals surface area contributed by atoms with E-state index in [1.165, 1.54) is 25.3 Å². The van der Waals surface area contributed by atoms with Crippen molar-refractivity contribution >= 4 is 29.0 Å². The quantitative estimate of drug-likeness (QED) is 0.773. The first-order valence-electron chi connectivity index (χ1n) is 5.82. The Bertz CT molecular complexity index is 656. The van der Waals surface area contributed by atoms with Gasteiger partial charge >= 0.3 is 0 Å². The molecule has 0 heterocycles. The minimum Gasteiger partial charge on any atom is -0.497 e. The van der Waals surface area contributed by atoms with E-state index < -0.39 is 5.82 Å². The molecule has 5 heteroatoms. The van der Waals surface area contributed by atoms with E-state index >= 15 is 0 Å². The molecule has 0 radical (unpaired) electrons. The lowest BCUT2D eigenvalue weighted by Gasteiger charge is -2.07. The first kappa shape index (κ1) is 14.8. The molecule has 0 amide bonds. The summed E-state index contributed by atoms with van der Waals surface area (Å²) in [6.07, 6.45) is -0.0113. The molecule has 0 fully saturated rings. The molecular formula is C15H11Cl2FO2. The summed E-state index contributed by atoms with van der Waals surface area (Å²) in [6.45, 7) is 0. The van der Waals surface area contributed by atoms with Gasteiger partial charge in [-0.25, -0.2) is 4.39 Å². The molecule has 0 aromatic heterocycles. The zero-order valence-corrected chi connectivity index (χ0v) is 12.1. The van der Waals surface area contributed by atoms with Crippen LogP contribution in [0.5, 0.6) is 5.75 Å². The van der Waals surface area contributed by atoms with E-state index in [1.54, 1.807) is 18.2 Å². The van der Waals surface area contributed by atoms with Crippen LogP contribution < -0.4 is 4.74 Å². The number of ketones is 1. The van der Waals surface area contributed by atoms with E-state index in [-0.39, 0.29) is 17.8 Å². The topological polar surface area (TPSA) is 26.3 Å². The fourth-order valence-electron chi connectivity index (χ4n) is 1.80. The third-order valence-corrected chi connectivity index (χ3v) is 3.72. The third kappa shape index (κ3) is 3.11. The summed E-state index contributed by atoms with van der Waals surface area (Å²) < 4.78 is 18.7. The van der Waals surface area contributed by atoms with Gasteiger partial charge in [-0.2, -0.15) is 0 Å². The van der Waals surface area contributed by atoms with Crippen molar-refractivity contribution in [2.24, 2.45) is 0 Å². The van der Waals surface area contributed by atoms with Gasteiger partial charge in [-0.05, 0) is 23.8 Å². The number of hydrogen-bond donors (Lipinski definition) is 0. The molecule has 2 nitrogen and oxygen atoms in total. The number of rotatable bonds is 4. The van der Waals surface area contributed by atoms with E-state index in [4.69, 9.17) is 27.9 Å². The van der Waals surface area contributed by atoms with E-state index in [2.05, 4.69) is 0 Å². The fraction of sp³-hybridized carbons (Fsp3) is 0.133. The first-order valence-corrected chi connectivity index (χ1v) is 6.58. The van der Waals surface area contributed by atoms with Gasteiger partial charge in [-0.15, -0.1) is 0 Å². The average Bonchev–Trinajstić information content (AvgIpc) is 2.43. The van der Waals surface area contributed by atoms with Crippen molar-refractivity contribution in [3.05, 3.63) is 63.4 Å². The Morgan fingerprint density at radius 3 is 2.65 bits per heavy atom. The van der Waals surface area contributed by atoms with Gasteiger partial charge in [0.05, 0.1) is 22.7 Å². The summed E-state index contributed by atoms with van der Waals surface area (Å²) in [6, 6.07) is 9.12. The molecule has 0 aliphatic carbocycles. The summed E-state index contributed by atoms with van der Waals surface area (Å²) in [5.74, 6) is -0.623. The van der Waals surface area contributed by atoms with Gasteiger partial charge in [0.1, 0.15) is 11.6 Å². The summed E-state index contributed by atoms with van der Waals surface area (Å²) >= 11 is 11.9. The highest BCUT2D eigenvalue weighted by Crippen LogP contribution is 2.27. The molecule has 0 N–H and O–H groups in total. The van der Waals surface area contributed by atoms with Crippen LogP contribution in [0.3, 0.4) is 0 Å². The molecule has 104 valence electrons. The highest BCUT2D eigenvalue weighted by molar-refractivity contribution is 6.42. The highest BCUT2D eigenvalue weighted by atomic mass is 35.5. The fourth-order valence-corrected chi connectivity index (χ4v) is 2.19. The van der Waals surface area contributed by atoms with Crippen molar-refractivity contribution in [3.63, 3.8) is 0 Å². The smallest absolute Gasteiger partial charge is 0.170 e. The molecule has 20 heavy (non-hydrogen) atoms. The number of carbonyl (C=O) groups is 1. The second-order valence-electron chi connectivity index (χ2n) is 4.16. The number of Topliss-reactive ketones (excluding diaryl/α,β-unsaturated/α-hetero) is 1. The lowest BCUT2D eigenvalue weighted by Crippen LogP contribution is -2.07. The SMILES string of the molecule is COc1ccc(C(=O)Cc2cccc(Cl)c2Cl)c(F)c1. The van der Waals surface area contributed by atoms with Crippen LogP contribution in [0.2, 0.25) is 10.0 Å². The zero-order chi connectivity index (χ0) is 14.7. The normalized spacial score (nSPS) is 10.4. The van der Waals surface area contributed by atoms with Gasteiger partial charge in [0.2, 0.25) is 0 Å². The molecule has 0 saturated heterocycles. The van der Waals surface area contributed by atoms with E-state index in [0.717, 1.165) is 0 Å². The molecule has 0 saturated carbocycles. The Morgan fingerprint density at radius 1 is 1.25 bits per heavy atom. The minimum atomic E-state index is -0.618. The van der Waals surface area contributed by atoms with Crippen molar-refractivity contribution in [1.29, 1.82) is 0 Å². The van der Waals surface area contributed by atoms with Crippen LogP contribution in [0.25, 0.3) is 0 Å². The largest absolute Gasteiger partial charge is 0.497 e. The second kappa shape index (κ2) is 6.25. The molecule has 0 atom stereocenters. The van der Waals surface area contributed by atoms with Crippen molar-refractivity contribution in [1.82, 2.24) is 0 Å². The third-order valence-electron chi connectivity index (χ3n) is 2.86. The summed E-state index contributed by atoms with van der Waals surface area (Å²) in [7, 11) is 1.43. The van der Waals surface area contributed by atoms with Gasteiger partial charge in [-0.1, -0.05) is 35.3 Å². The number of ether oxygens (including phenoxy) is 1. The maximum Gasteiger partial charge on any atom is 0.170 e. The predicted molar refractivity (Wildman–Crippen MR) is 77.4 cm³/mol. The highest BCUT2D eigenvalue weighted by Gasteiger charge is 2.15. The van der Waals surface area contributed by atoms with Crippen molar-refractivity contribution < 1.29 is 13.9 Å². The molecule has 2 aromatic carbocycles. The monoisotopic (exact) mass is 312 g/mol. The van der Waals surface area contributed by atoms with E-state index in [1.807, 2.05) is 0 Å². The molecule has 0 aliphatic heterocycles. The Kier molecular flexibility index (Phi) is 4.63. The van der Waals surface area contributed by atoms with E-state index in [0.29, 0.717) is 21.4 Å². The van der Waals surface area contributed by atoms with Crippen molar-refractivity contribution in [3.8, 4) is 5.75 Å². The van der Waals surface area contributed by atoms with Crippen LogP contribution in [0, 0.1) is 5.82 Å². The van der Waals surface area contributed by atoms with Gasteiger partial charge in [0.25, 0.3) is 0 Å². The summed E-state index contributed by atoms with van der Waals surface area (Å²) in [5.41, 5.74) is 0.571. The van der Waals surface area contributed by atoms with E-state index in [9.17, 15) is 9.18 Å². The van der Waals surface area contributed by atoms with Gasteiger partial charge < -0.3 is 4.74 Å². The lowest BCUT2D eigenvalue weighted by molar-refractivity contribution is 0.0989.